The molecule has 3 aromatic carbocycles. The van der Waals surface area contributed by atoms with Crippen molar-refractivity contribution in [2.24, 2.45) is 0 Å². The molecule has 0 unspecified atom stereocenters. The zero-order chi connectivity index (χ0) is 22.6. The SMILES string of the molecule is O=C(NCCc1ccc(F)cc1)[C@H]1CN(S(=O)(=O)Cc2ccccc2)c2ccccc2O1. The second kappa shape index (κ2) is 9.40. The van der Waals surface area contributed by atoms with Gasteiger partial charge in [0, 0.05) is 6.54 Å². The normalized spacial score (nSPS) is 15.5. The van der Waals surface area contributed by atoms with Crippen LogP contribution in [-0.4, -0.2) is 33.5 Å². The van der Waals surface area contributed by atoms with Crippen molar-refractivity contribution < 1.29 is 22.3 Å². The molecular weight excluding hydrogens is 431 g/mol. The van der Waals surface area contributed by atoms with Crippen LogP contribution in [0.4, 0.5) is 10.1 Å². The molecule has 1 aliphatic heterocycles. The quantitative estimate of drug-likeness (QED) is 0.595. The first kappa shape index (κ1) is 21.8. The lowest BCUT2D eigenvalue weighted by molar-refractivity contribution is -0.127. The van der Waals surface area contributed by atoms with Crippen molar-refractivity contribution in [3.05, 3.63) is 95.8 Å². The van der Waals surface area contributed by atoms with E-state index in [1.165, 1.54) is 16.4 Å². The molecule has 0 saturated carbocycles. The maximum atomic E-state index is 13.2. The molecule has 166 valence electrons. The summed E-state index contributed by atoms with van der Waals surface area (Å²) in [5.74, 6) is -0.555. The zero-order valence-electron chi connectivity index (χ0n) is 17.3. The molecule has 4 rings (SSSR count). The third-order valence-corrected chi connectivity index (χ3v) is 6.90. The number of amides is 1. The summed E-state index contributed by atoms with van der Waals surface area (Å²) in [6.45, 7) is 0.206. The molecule has 8 heteroatoms. The molecule has 0 saturated heterocycles. The van der Waals surface area contributed by atoms with Gasteiger partial charge in [0.05, 0.1) is 18.0 Å². The van der Waals surface area contributed by atoms with Crippen molar-refractivity contribution in [1.29, 1.82) is 0 Å². The number of nitrogens with one attached hydrogen (secondary N) is 1. The molecule has 0 aromatic heterocycles. The van der Waals surface area contributed by atoms with Gasteiger partial charge < -0.3 is 10.1 Å². The smallest absolute Gasteiger partial charge is 0.263 e. The lowest BCUT2D eigenvalue weighted by Crippen LogP contribution is -2.51. The Morgan fingerprint density at radius 3 is 2.41 bits per heavy atom. The number of carbonyl (C=O) groups is 1. The fraction of sp³-hybridized carbons (Fsp3) is 0.208. The van der Waals surface area contributed by atoms with E-state index in [4.69, 9.17) is 4.74 Å². The predicted octanol–water partition coefficient (Wildman–Crippen LogP) is 3.28. The molecule has 1 N–H and O–H groups in total. The topological polar surface area (TPSA) is 75.7 Å². The molecule has 0 radical (unpaired) electrons. The van der Waals surface area contributed by atoms with Crippen molar-refractivity contribution in [2.45, 2.75) is 18.3 Å². The molecule has 3 aromatic rings. The van der Waals surface area contributed by atoms with E-state index in [1.54, 1.807) is 60.7 Å². The van der Waals surface area contributed by atoms with Crippen molar-refractivity contribution in [3.8, 4) is 5.75 Å². The minimum atomic E-state index is -3.75. The summed E-state index contributed by atoms with van der Waals surface area (Å²) in [5, 5.41) is 2.79. The Labute approximate surface area is 186 Å². The van der Waals surface area contributed by atoms with Crippen LogP contribution in [0.3, 0.4) is 0 Å². The third-order valence-electron chi connectivity index (χ3n) is 5.18. The third kappa shape index (κ3) is 5.08. The minimum absolute atomic E-state index is 0.117. The van der Waals surface area contributed by atoms with Crippen LogP contribution in [0.1, 0.15) is 11.1 Å². The number of ether oxygens (including phenoxy) is 1. The van der Waals surface area contributed by atoms with Crippen LogP contribution < -0.4 is 14.4 Å². The Morgan fingerprint density at radius 1 is 0.969 bits per heavy atom. The first-order chi connectivity index (χ1) is 15.4. The van der Waals surface area contributed by atoms with E-state index >= 15 is 0 Å². The number of fused-ring (bicyclic) bond motifs is 1. The van der Waals surface area contributed by atoms with Crippen LogP contribution in [0, 0.1) is 5.82 Å². The lowest BCUT2D eigenvalue weighted by atomic mass is 10.1. The summed E-state index contributed by atoms with van der Waals surface area (Å²) in [7, 11) is -3.75. The number of hydrogen-bond acceptors (Lipinski definition) is 4. The zero-order valence-corrected chi connectivity index (χ0v) is 18.1. The molecule has 0 spiro atoms. The van der Waals surface area contributed by atoms with Crippen molar-refractivity contribution in [1.82, 2.24) is 5.32 Å². The largest absolute Gasteiger partial charge is 0.476 e. The van der Waals surface area contributed by atoms with E-state index in [9.17, 15) is 17.6 Å². The lowest BCUT2D eigenvalue weighted by Gasteiger charge is -2.34. The van der Waals surface area contributed by atoms with Gasteiger partial charge in [0.25, 0.3) is 5.91 Å². The first-order valence-corrected chi connectivity index (χ1v) is 11.9. The summed E-state index contributed by atoms with van der Waals surface area (Å²) in [4.78, 5) is 12.8. The number of benzene rings is 3. The van der Waals surface area contributed by atoms with E-state index in [-0.39, 0.29) is 18.1 Å². The number of para-hydroxylation sites is 2. The van der Waals surface area contributed by atoms with E-state index < -0.39 is 22.0 Å². The number of carbonyl (C=O) groups excluding carboxylic acids is 1. The van der Waals surface area contributed by atoms with Gasteiger partial charge >= 0.3 is 0 Å². The maximum absolute atomic E-state index is 13.2. The summed E-state index contributed by atoms with van der Waals surface area (Å²) in [6, 6.07) is 21.7. The van der Waals surface area contributed by atoms with Gasteiger partial charge in [0.15, 0.2) is 6.10 Å². The number of halogens is 1. The molecule has 0 fully saturated rings. The highest BCUT2D eigenvalue weighted by Crippen LogP contribution is 2.35. The van der Waals surface area contributed by atoms with Crippen LogP contribution in [0.15, 0.2) is 78.9 Å². The van der Waals surface area contributed by atoms with Gasteiger partial charge in [-0.25, -0.2) is 12.8 Å². The van der Waals surface area contributed by atoms with Crippen LogP contribution in [0.5, 0.6) is 5.75 Å². The summed E-state index contributed by atoms with van der Waals surface area (Å²) >= 11 is 0. The van der Waals surface area contributed by atoms with Crippen LogP contribution in [0.2, 0.25) is 0 Å². The van der Waals surface area contributed by atoms with Gasteiger partial charge in [-0.05, 0) is 41.8 Å². The van der Waals surface area contributed by atoms with Gasteiger partial charge in [-0.3, -0.25) is 9.10 Å². The van der Waals surface area contributed by atoms with Crippen LogP contribution in [0.25, 0.3) is 0 Å². The fourth-order valence-electron chi connectivity index (χ4n) is 3.56. The Morgan fingerprint density at radius 2 is 1.66 bits per heavy atom. The Kier molecular flexibility index (Phi) is 6.41. The standard InChI is InChI=1S/C24H23FN2O4S/c25-20-12-10-18(11-13-20)14-15-26-24(28)23-16-27(21-8-4-5-9-22(21)31-23)32(29,30)17-19-6-2-1-3-7-19/h1-13,23H,14-17H2,(H,26,28)/t23-/m1/s1. The number of nitrogens with zero attached hydrogens (tertiary/aromatic N) is 1. The highest BCUT2D eigenvalue weighted by Gasteiger charge is 2.36. The fourth-order valence-corrected chi connectivity index (χ4v) is 5.14. The summed E-state index contributed by atoms with van der Waals surface area (Å²) < 4.78 is 46.5. The molecule has 1 atom stereocenters. The van der Waals surface area contributed by atoms with Crippen molar-refractivity contribution in [3.63, 3.8) is 0 Å². The Bertz CT molecular complexity index is 1180. The highest BCUT2D eigenvalue weighted by molar-refractivity contribution is 7.92. The van der Waals surface area contributed by atoms with E-state index in [0.717, 1.165) is 5.56 Å². The maximum Gasteiger partial charge on any atom is 0.263 e. The predicted molar refractivity (Wildman–Crippen MR) is 120 cm³/mol. The molecule has 6 nitrogen and oxygen atoms in total. The van der Waals surface area contributed by atoms with Gasteiger partial charge in [-0.15, -0.1) is 0 Å². The average Bonchev–Trinajstić information content (AvgIpc) is 2.80. The number of anilines is 1. The Balaban J connectivity index is 1.47. The molecule has 1 amide bonds. The second-order valence-corrected chi connectivity index (χ2v) is 9.41. The highest BCUT2D eigenvalue weighted by atomic mass is 32.2. The van der Waals surface area contributed by atoms with Crippen molar-refractivity contribution >= 4 is 21.6 Å². The Hall–Kier alpha value is -3.39. The molecule has 1 aliphatic rings. The van der Waals surface area contributed by atoms with Gasteiger partial charge in [0.2, 0.25) is 10.0 Å². The average molecular weight is 455 g/mol. The number of rotatable bonds is 7. The van der Waals surface area contributed by atoms with Crippen molar-refractivity contribution in [2.75, 3.05) is 17.4 Å². The van der Waals surface area contributed by atoms with Gasteiger partial charge in [0.1, 0.15) is 11.6 Å². The summed E-state index contributed by atoms with van der Waals surface area (Å²) in [5.41, 5.74) is 1.96. The van der Waals surface area contributed by atoms with E-state index in [2.05, 4.69) is 5.32 Å². The van der Waals surface area contributed by atoms with E-state index in [1.807, 2.05) is 6.07 Å². The van der Waals surface area contributed by atoms with E-state index in [0.29, 0.717) is 30.0 Å². The molecule has 0 bridgehead atoms. The molecule has 32 heavy (non-hydrogen) atoms. The second-order valence-electron chi connectivity index (χ2n) is 7.51. The monoisotopic (exact) mass is 454 g/mol. The number of sulfonamides is 1. The molecule has 0 aliphatic carbocycles. The molecule has 1 heterocycles. The molecular formula is C24H23FN2O4S. The van der Waals surface area contributed by atoms with Crippen LogP contribution >= 0.6 is 0 Å². The first-order valence-electron chi connectivity index (χ1n) is 10.2. The van der Waals surface area contributed by atoms with Crippen LogP contribution in [-0.2, 0) is 27.0 Å². The van der Waals surface area contributed by atoms with Gasteiger partial charge in [-0.2, -0.15) is 0 Å². The number of hydrogen-bond donors (Lipinski definition) is 1. The summed E-state index contributed by atoms with van der Waals surface area (Å²) in [6.07, 6.45) is -0.464. The van der Waals surface area contributed by atoms with Gasteiger partial charge in [-0.1, -0.05) is 54.6 Å². The minimum Gasteiger partial charge on any atom is -0.476 e.